The van der Waals surface area contributed by atoms with E-state index in [-0.39, 0.29) is 0 Å². The number of benzene rings is 1. The highest BCUT2D eigenvalue weighted by molar-refractivity contribution is 5.90. The Morgan fingerprint density at radius 1 is 1.15 bits per heavy atom. The molecule has 0 bridgehead atoms. The summed E-state index contributed by atoms with van der Waals surface area (Å²) in [6.07, 6.45) is 2.30. The molecule has 20 heavy (non-hydrogen) atoms. The van der Waals surface area contributed by atoms with E-state index in [4.69, 9.17) is 5.84 Å². The highest BCUT2D eigenvalue weighted by Gasteiger charge is 2.15. The lowest BCUT2D eigenvalue weighted by molar-refractivity contribution is 0.437. The average molecular weight is 273 g/mol. The third-order valence-electron chi connectivity index (χ3n) is 3.85. The smallest absolute Gasteiger partial charge is 0.239 e. The van der Waals surface area contributed by atoms with Crippen LogP contribution in [0.25, 0.3) is 10.9 Å². The first-order valence-electron chi connectivity index (χ1n) is 7.19. The van der Waals surface area contributed by atoms with Crippen LogP contribution in [0.3, 0.4) is 0 Å². The number of fused-ring (bicyclic) bond motifs is 1. The first kappa shape index (κ1) is 14.5. The number of anilines is 2. The van der Waals surface area contributed by atoms with Gasteiger partial charge in [-0.25, -0.2) is 10.8 Å². The van der Waals surface area contributed by atoms with Gasteiger partial charge in [0.2, 0.25) is 5.95 Å². The molecule has 0 aliphatic carbocycles. The number of aromatic nitrogens is 2. The average Bonchev–Trinajstić information content (AvgIpc) is 2.48. The Morgan fingerprint density at radius 3 is 2.50 bits per heavy atom. The molecule has 0 aliphatic rings. The van der Waals surface area contributed by atoms with Crippen molar-refractivity contribution in [1.29, 1.82) is 0 Å². The molecule has 4 N–H and O–H groups in total. The van der Waals surface area contributed by atoms with Crippen LogP contribution >= 0.6 is 0 Å². The van der Waals surface area contributed by atoms with Gasteiger partial charge in [0, 0.05) is 11.4 Å². The molecule has 0 saturated heterocycles. The molecule has 0 saturated carbocycles. The number of hydrogen-bond donors (Lipinski definition) is 3. The number of nitrogens with two attached hydrogens (primary N) is 1. The Balaban J connectivity index is 2.37. The Morgan fingerprint density at radius 2 is 1.85 bits per heavy atom. The number of nitrogens with zero attached hydrogens (tertiary/aromatic N) is 2. The number of rotatable bonds is 6. The van der Waals surface area contributed by atoms with Crippen molar-refractivity contribution in [2.75, 3.05) is 10.7 Å². The molecule has 0 fully saturated rings. The predicted octanol–water partition coefficient (Wildman–Crippen LogP) is 3.15. The van der Waals surface area contributed by atoms with Gasteiger partial charge in [-0.1, -0.05) is 38.8 Å². The predicted molar refractivity (Wildman–Crippen MR) is 84.5 cm³/mol. The number of nitrogen functional groups attached to an aromatic ring is 1. The van der Waals surface area contributed by atoms with E-state index in [1.54, 1.807) is 0 Å². The number of hydrogen-bond acceptors (Lipinski definition) is 5. The molecule has 0 radical (unpaired) electrons. The third-order valence-corrected chi connectivity index (χ3v) is 3.85. The minimum absolute atomic E-state index is 0.355. The van der Waals surface area contributed by atoms with Gasteiger partial charge >= 0.3 is 0 Å². The van der Waals surface area contributed by atoms with Crippen molar-refractivity contribution < 1.29 is 0 Å². The molecule has 2 aromatic rings. The number of nitrogens with one attached hydrogen (secondary N) is 2. The van der Waals surface area contributed by atoms with Crippen LogP contribution in [-0.2, 0) is 0 Å². The van der Waals surface area contributed by atoms with Crippen LogP contribution in [0.1, 0.15) is 33.6 Å². The molecule has 5 nitrogen and oxygen atoms in total. The summed E-state index contributed by atoms with van der Waals surface area (Å²) in [7, 11) is 0. The quantitative estimate of drug-likeness (QED) is 0.557. The van der Waals surface area contributed by atoms with Gasteiger partial charge in [-0.3, -0.25) is 5.43 Å². The largest absolute Gasteiger partial charge is 0.367 e. The van der Waals surface area contributed by atoms with E-state index < -0.39 is 0 Å². The lowest BCUT2D eigenvalue weighted by Crippen LogP contribution is -2.26. The van der Waals surface area contributed by atoms with Crippen LogP contribution in [0.2, 0.25) is 0 Å². The van der Waals surface area contributed by atoms with E-state index in [9.17, 15) is 0 Å². The van der Waals surface area contributed by atoms with Crippen molar-refractivity contribution in [1.82, 2.24) is 9.97 Å². The second-order valence-electron chi connectivity index (χ2n) is 5.07. The molecular weight excluding hydrogens is 250 g/mol. The van der Waals surface area contributed by atoms with E-state index in [0.717, 1.165) is 29.6 Å². The highest BCUT2D eigenvalue weighted by Crippen LogP contribution is 2.24. The maximum absolute atomic E-state index is 5.45. The molecule has 1 aromatic carbocycles. The first-order valence-corrected chi connectivity index (χ1v) is 7.19. The van der Waals surface area contributed by atoms with Crippen LogP contribution < -0.4 is 16.6 Å². The van der Waals surface area contributed by atoms with E-state index in [1.165, 1.54) is 0 Å². The standard InChI is InChI=1S/C15H23N5/c1-4-11(5-2)10(3)17-14-12-8-6-7-9-13(12)18-15(19-14)20-16/h6-11H,4-5,16H2,1-3H3,(H2,17,18,19,20). The Labute approximate surface area is 120 Å². The van der Waals surface area contributed by atoms with Crippen LogP contribution in [0.5, 0.6) is 0 Å². The molecule has 2 rings (SSSR count). The van der Waals surface area contributed by atoms with Gasteiger partial charge in [-0.05, 0) is 25.0 Å². The summed E-state index contributed by atoms with van der Waals surface area (Å²) in [6, 6.07) is 8.30. The summed E-state index contributed by atoms with van der Waals surface area (Å²) in [5.41, 5.74) is 3.41. The van der Waals surface area contributed by atoms with Crippen LogP contribution in [0.15, 0.2) is 24.3 Å². The Bertz CT molecular complexity index is 565. The van der Waals surface area contributed by atoms with Crippen molar-refractivity contribution in [3.63, 3.8) is 0 Å². The van der Waals surface area contributed by atoms with Crippen molar-refractivity contribution in [2.24, 2.45) is 11.8 Å². The Kier molecular flexibility index (Phi) is 4.74. The van der Waals surface area contributed by atoms with Gasteiger partial charge in [-0.2, -0.15) is 4.98 Å². The molecule has 108 valence electrons. The van der Waals surface area contributed by atoms with Crippen LogP contribution in [0.4, 0.5) is 11.8 Å². The van der Waals surface area contributed by atoms with Gasteiger partial charge in [0.05, 0.1) is 5.52 Å². The summed E-state index contributed by atoms with van der Waals surface area (Å²) in [5, 5.41) is 4.53. The highest BCUT2D eigenvalue weighted by atomic mass is 15.3. The number of hydrazine groups is 1. The van der Waals surface area contributed by atoms with E-state index >= 15 is 0 Å². The van der Waals surface area contributed by atoms with E-state index in [2.05, 4.69) is 41.5 Å². The van der Waals surface area contributed by atoms with E-state index in [0.29, 0.717) is 17.9 Å². The first-order chi connectivity index (χ1) is 9.69. The minimum Gasteiger partial charge on any atom is -0.367 e. The lowest BCUT2D eigenvalue weighted by Gasteiger charge is -2.23. The number of para-hydroxylation sites is 1. The zero-order valence-electron chi connectivity index (χ0n) is 12.4. The van der Waals surface area contributed by atoms with Crippen LogP contribution in [-0.4, -0.2) is 16.0 Å². The van der Waals surface area contributed by atoms with Gasteiger partial charge in [0.15, 0.2) is 0 Å². The third kappa shape index (κ3) is 2.99. The Hall–Kier alpha value is -1.88. The van der Waals surface area contributed by atoms with Crippen LogP contribution in [0, 0.1) is 5.92 Å². The molecule has 1 heterocycles. The van der Waals surface area contributed by atoms with Crippen molar-refractivity contribution in [2.45, 2.75) is 39.7 Å². The second-order valence-corrected chi connectivity index (χ2v) is 5.07. The normalized spacial score (nSPS) is 12.7. The fourth-order valence-electron chi connectivity index (χ4n) is 2.58. The summed E-state index contributed by atoms with van der Waals surface area (Å²) in [5.74, 6) is 7.34. The maximum Gasteiger partial charge on any atom is 0.239 e. The van der Waals surface area contributed by atoms with Gasteiger partial charge in [0.1, 0.15) is 5.82 Å². The summed E-state index contributed by atoms with van der Waals surface area (Å²) in [6.45, 7) is 6.64. The fraction of sp³-hybridized carbons (Fsp3) is 0.467. The van der Waals surface area contributed by atoms with Gasteiger partial charge in [0.25, 0.3) is 0 Å². The van der Waals surface area contributed by atoms with E-state index in [1.807, 2.05) is 24.3 Å². The molecule has 1 atom stereocenters. The maximum atomic E-state index is 5.45. The van der Waals surface area contributed by atoms with Gasteiger partial charge in [-0.15, -0.1) is 0 Å². The SMILES string of the molecule is CCC(CC)C(C)Nc1nc(NN)nc2ccccc12. The summed E-state index contributed by atoms with van der Waals surface area (Å²) in [4.78, 5) is 8.81. The fourth-order valence-corrected chi connectivity index (χ4v) is 2.58. The molecule has 0 amide bonds. The topological polar surface area (TPSA) is 75.9 Å². The molecule has 1 unspecified atom stereocenters. The lowest BCUT2D eigenvalue weighted by atomic mass is 9.95. The zero-order valence-corrected chi connectivity index (χ0v) is 12.4. The van der Waals surface area contributed by atoms with Crippen molar-refractivity contribution in [3.8, 4) is 0 Å². The molecular formula is C15H23N5. The summed E-state index contributed by atoms with van der Waals surface area (Å²) >= 11 is 0. The minimum atomic E-state index is 0.355. The molecule has 5 heteroatoms. The van der Waals surface area contributed by atoms with Gasteiger partial charge < -0.3 is 5.32 Å². The van der Waals surface area contributed by atoms with Crippen molar-refractivity contribution in [3.05, 3.63) is 24.3 Å². The second kappa shape index (κ2) is 6.52. The monoisotopic (exact) mass is 273 g/mol. The molecule has 0 aliphatic heterocycles. The molecule has 1 aromatic heterocycles. The molecule has 0 spiro atoms. The zero-order chi connectivity index (χ0) is 14.5. The van der Waals surface area contributed by atoms with Crippen molar-refractivity contribution >= 4 is 22.7 Å². The summed E-state index contributed by atoms with van der Waals surface area (Å²) < 4.78 is 0.